The molecule has 0 heterocycles. The number of hydrogen-bond donors (Lipinski definition) is 1. The minimum atomic E-state index is -0.330. The lowest BCUT2D eigenvalue weighted by molar-refractivity contribution is 0.102. The molecule has 1 amide bonds. The van der Waals surface area contributed by atoms with Crippen LogP contribution in [0.5, 0.6) is 11.5 Å². The van der Waals surface area contributed by atoms with Crippen molar-refractivity contribution >= 4 is 50.7 Å². The molecule has 2 aromatic rings. The summed E-state index contributed by atoms with van der Waals surface area (Å²) in [7, 11) is 0. The summed E-state index contributed by atoms with van der Waals surface area (Å²) in [6.07, 6.45) is 0. The number of carbonyl (C=O) groups is 1. The number of anilines is 1. The van der Waals surface area contributed by atoms with Crippen molar-refractivity contribution in [1.29, 1.82) is 0 Å². The summed E-state index contributed by atoms with van der Waals surface area (Å²) in [5.74, 6) is 0.733. The minimum absolute atomic E-state index is 0.294. The van der Waals surface area contributed by atoms with Gasteiger partial charge in [-0.15, -0.1) is 0 Å². The lowest BCUT2D eigenvalue weighted by Gasteiger charge is -2.15. The zero-order valence-electron chi connectivity index (χ0n) is 13.2. The van der Waals surface area contributed by atoms with E-state index in [1.54, 1.807) is 30.3 Å². The highest BCUT2D eigenvalue weighted by atomic mass is 79.9. The molecule has 4 nitrogen and oxygen atoms in total. The van der Waals surface area contributed by atoms with Gasteiger partial charge >= 0.3 is 0 Å². The molecule has 128 valence electrons. The fourth-order valence-electron chi connectivity index (χ4n) is 2.04. The summed E-state index contributed by atoms with van der Waals surface area (Å²) in [5.41, 5.74) is 0.849. The van der Waals surface area contributed by atoms with Gasteiger partial charge in [-0.1, -0.05) is 29.3 Å². The molecule has 2 aromatic carbocycles. The molecule has 0 aliphatic carbocycles. The van der Waals surface area contributed by atoms with E-state index in [9.17, 15) is 4.79 Å². The monoisotopic (exact) mass is 431 g/mol. The smallest absolute Gasteiger partial charge is 0.255 e. The van der Waals surface area contributed by atoms with Crippen molar-refractivity contribution < 1.29 is 14.3 Å². The van der Waals surface area contributed by atoms with Crippen molar-refractivity contribution in [2.45, 2.75) is 13.8 Å². The minimum Gasteiger partial charge on any atom is -0.490 e. The lowest BCUT2D eigenvalue weighted by Crippen LogP contribution is -2.13. The van der Waals surface area contributed by atoms with Crippen molar-refractivity contribution in [2.24, 2.45) is 0 Å². The number of ether oxygens (including phenoxy) is 2. The summed E-state index contributed by atoms with van der Waals surface area (Å²) < 4.78 is 11.8. The quantitative estimate of drug-likeness (QED) is 0.626. The van der Waals surface area contributed by atoms with Gasteiger partial charge in [0.2, 0.25) is 0 Å². The van der Waals surface area contributed by atoms with Gasteiger partial charge in [0.25, 0.3) is 5.91 Å². The van der Waals surface area contributed by atoms with Gasteiger partial charge in [-0.05, 0) is 54.0 Å². The molecule has 0 radical (unpaired) electrons. The molecule has 0 unspecified atom stereocenters. The third-order valence-corrected chi connectivity index (χ3v) is 4.47. The second-order valence-corrected chi connectivity index (χ2v) is 6.35. The summed E-state index contributed by atoms with van der Waals surface area (Å²) in [4.78, 5) is 12.5. The van der Waals surface area contributed by atoms with Gasteiger partial charge in [-0.25, -0.2) is 0 Å². The van der Waals surface area contributed by atoms with E-state index in [0.717, 1.165) is 0 Å². The molecule has 0 aliphatic rings. The SMILES string of the molecule is CCOc1cc(C(=O)Nc2cccc(Cl)c2Cl)cc(Br)c1OCC. The van der Waals surface area contributed by atoms with Gasteiger partial charge in [-0.3, -0.25) is 4.79 Å². The Kier molecular flexibility index (Phi) is 6.78. The Morgan fingerprint density at radius 1 is 1.17 bits per heavy atom. The van der Waals surface area contributed by atoms with Crippen LogP contribution in [0.25, 0.3) is 0 Å². The third kappa shape index (κ3) is 4.35. The highest BCUT2D eigenvalue weighted by Crippen LogP contribution is 2.37. The molecule has 0 fully saturated rings. The van der Waals surface area contributed by atoms with Gasteiger partial charge < -0.3 is 14.8 Å². The number of rotatable bonds is 6. The summed E-state index contributed by atoms with van der Waals surface area (Å²) >= 11 is 15.5. The average Bonchev–Trinajstić information content (AvgIpc) is 2.55. The highest BCUT2D eigenvalue weighted by molar-refractivity contribution is 9.10. The first-order valence-electron chi connectivity index (χ1n) is 7.32. The fraction of sp³-hybridized carbons (Fsp3) is 0.235. The van der Waals surface area contributed by atoms with E-state index >= 15 is 0 Å². The maximum atomic E-state index is 12.5. The van der Waals surface area contributed by atoms with Crippen LogP contribution in [0.3, 0.4) is 0 Å². The molecule has 0 saturated heterocycles. The Morgan fingerprint density at radius 2 is 1.88 bits per heavy atom. The van der Waals surface area contributed by atoms with Crippen LogP contribution in [0.1, 0.15) is 24.2 Å². The lowest BCUT2D eigenvalue weighted by atomic mass is 10.1. The first kappa shape index (κ1) is 18.9. The average molecular weight is 433 g/mol. The maximum absolute atomic E-state index is 12.5. The molecule has 24 heavy (non-hydrogen) atoms. The largest absolute Gasteiger partial charge is 0.490 e. The van der Waals surface area contributed by atoms with E-state index in [1.807, 2.05) is 13.8 Å². The number of carbonyl (C=O) groups excluding carboxylic acids is 1. The zero-order chi connectivity index (χ0) is 17.7. The second kappa shape index (κ2) is 8.60. The molecule has 1 N–H and O–H groups in total. The van der Waals surface area contributed by atoms with Gasteiger partial charge in [0.05, 0.1) is 33.4 Å². The molecule has 0 atom stereocenters. The molecule has 0 saturated carbocycles. The fourth-order valence-corrected chi connectivity index (χ4v) is 2.95. The Labute approximate surface area is 159 Å². The standard InChI is InChI=1S/C17H16BrCl2NO3/c1-3-23-14-9-10(8-11(18)16(14)24-4-2)17(22)21-13-7-5-6-12(19)15(13)20/h5-9H,3-4H2,1-2H3,(H,21,22). The van der Waals surface area contributed by atoms with Crippen LogP contribution in [-0.2, 0) is 0 Å². The van der Waals surface area contributed by atoms with Crippen LogP contribution in [0.2, 0.25) is 10.0 Å². The van der Waals surface area contributed by atoms with Crippen molar-refractivity contribution in [3.63, 3.8) is 0 Å². The van der Waals surface area contributed by atoms with Crippen molar-refractivity contribution in [2.75, 3.05) is 18.5 Å². The highest BCUT2D eigenvalue weighted by Gasteiger charge is 2.17. The van der Waals surface area contributed by atoms with Gasteiger partial charge in [0, 0.05) is 5.56 Å². The van der Waals surface area contributed by atoms with Crippen LogP contribution in [-0.4, -0.2) is 19.1 Å². The Balaban J connectivity index is 2.33. The molecule has 0 aromatic heterocycles. The molecule has 0 aliphatic heterocycles. The summed E-state index contributed by atoms with van der Waals surface area (Å²) in [5, 5.41) is 3.41. The number of benzene rings is 2. The van der Waals surface area contributed by atoms with Crippen molar-refractivity contribution in [3.8, 4) is 11.5 Å². The van der Waals surface area contributed by atoms with Gasteiger partial charge in [0.1, 0.15) is 0 Å². The topological polar surface area (TPSA) is 47.6 Å². The van der Waals surface area contributed by atoms with Gasteiger partial charge in [0.15, 0.2) is 11.5 Å². The van der Waals surface area contributed by atoms with Crippen molar-refractivity contribution in [1.82, 2.24) is 0 Å². The Hall–Kier alpha value is -1.43. The first-order chi connectivity index (χ1) is 11.5. The number of amides is 1. The molecule has 0 bridgehead atoms. The molecule has 2 rings (SSSR count). The zero-order valence-corrected chi connectivity index (χ0v) is 16.3. The molecule has 0 spiro atoms. The number of hydrogen-bond acceptors (Lipinski definition) is 3. The number of nitrogens with one attached hydrogen (secondary N) is 1. The molecular formula is C17H16BrCl2NO3. The predicted molar refractivity (Wildman–Crippen MR) is 101 cm³/mol. The van der Waals surface area contributed by atoms with Crippen LogP contribution >= 0.6 is 39.1 Å². The van der Waals surface area contributed by atoms with Gasteiger partial charge in [-0.2, -0.15) is 0 Å². The summed E-state index contributed by atoms with van der Waals surface area (Å²) in [6.45, 7) is 4.69. The van der Waals surface area contributed by atoms with E-state index in [2.05, 4.69) is 21.2 Å². The first-order valence-corrected chi connectivity index (χ1v) is 8.87. The predicted octanol–water partition coefficient (Wildman–Crippen LogP) is 5.81. The number of halogens is 3. The summed E-state index contributed by atoms with van der Waals surface area (Å²) in [6, 6.07) is 8.34. The Bertz CT molecular complexity index is 753. The van der Waals surface area contributed by atoms with E-state index in [0.29, 0.717) is 50.5 Å². The second-order valence-electron chi connectivity index (χ2n) is 4.71. The maximum Gasteiger partial charge on any atom is 0.255 e. The third-order valence-electron chi connectivity index (χ3n) is 3.06. The Morgan fingerprint density at radius 3 is 2.54 bits per heavy atom. The van der Waals surface area contributed by atoms with Crippen LogP contribution in [0, 0.1) is 0 Å². The van der Waals surface area contributed by atoms with Crippen LogP contribution in [0.4, 0.5) is 5.69 Å². The van der Waals surface area contributed by atoms with Crippen LogP contribution < -0.4 is 14.8 Å². The van der Waals surface area contributed by atoms with E-state index in [4.69, 9.17) is 32.7 Å². The van der Waals surface area contributed by atoms with E-state index in [1.165, 1.54) is 0 Å². The van der Waals surface area contributed by atoms with E-state index < -0.39 is 0 Å². The molecular weight excluding hydrogens is 417 g/mol. The van der Waals surface area contributed by atoms with Crippen molar-refractivity contribution in [3.05, 3.63) is 50.4 Å². The normalized spacial score (nSPS) is 10.4. The van der Waals surface area contributed by atoms with E-state index in [-0.39, 0.29) is 5.91 Å². The molecule has 7 heteroatoms. The van der Waals surface area contributed by atoms with Crippen LogP contribution in [0.15, 0.2) is 34.8 Å².